The van der Waals surface area contributed by atoms with Crippen LogP contribution in [0.1, 0.15) is 32.3 Å². The Morgan fingerprint density at radius 1 is 1.12 bits per heavy atom. The van der Waals surface area contributed by atoms with E-state index in [2.05, 4.69) is 61.4 Å². The molecule has 17 heavy (non-hydrogen) atoms. The van der Waals surface area contributed by atoms with Crippen LogP contribution in [-0.2, 0) is 6.54 Å². The predicted molar refractivity (Wildman–Crippen MR) is 75.1 cm³/mol. The summed E-state index contributed by atoms with van der Waals surface area (Å²) < 4.78 is 0. The fourth-order valence-corrected chi connectivity index (χ4v) is 2.18. The lowest BCUT2D eigenvalue weighted by molar-refractivity contribution is 0.230. The van der Waals surface area contributed by atoms with Crippen LogP contribution in [0.3, 0.4) is 0 Å². The molecule has 0 saturated heterocycles. The average Bonchev–Trinajstić information content (AvgIpc) is 2.37. The van der Waals surface area contributed by atoms with E-state index in [1.807, 2.05) is 0 Å². The van der Waals surface area contributed by atoms with Crippen LogP contribution in [0.15, 0.2) is 30.3 Å². The van der Waals surface area contributed by atoms with Crippen molar-refractivity contribution < 1.29 is 0 Å². The van der Waals surface area contributed by atoms with Gasteiger partial charge in [0.25, 0.3) is 0 Å². The van der Waals surface area contributed by atoms with Gasteiger partial charge in [-0.05, 0) is 25.5 Å². The van der Waals surface area contributed by atoms with Gasteiger partial charge in [-0.3, -0.25) is 0 Å². The van der Waals surface area contributed by atoms with Crippen molar-refractivity contribution in [1.29, 1.82) is 0 Å². The Kier molecular flexibility index (Phi) is 6.90. The van der Waals surface area contributed by atoms with E-state index in [1.165, 1.54) is 18.4 Å². The van der Waals surface area contributed by atoms with Gasteiger partial charge in [0.15, 0.2) is 0 Å². The number of nitrogens with one attached hydrogen (secondary N) is 1. The van der Waals surface area contributed by atoms with Crippen molar-refractivity contribution in [2.24, 2.45) is 0 Å². The van der Waals surface area contributed by atoms with E-state index < -0.39 is 0 Å². The van der Waals surface area contributed by atoms with Gasteiger partial charge in [0, 0.05) is 25.7 Å². The quantitative estimate of drug-likeness (QED) is 0.696. The molecule has 0 atom stereocenters. The van der Waals surface area contributed by atoms with Gasteiger partial charge in [-0.15, -0.1) is 0 Å². The fraction of sp³-hybridized carbons (Fsp3) is 0.600. The zero-order valence-electron chi connectivity index (χ0n) is 11.4. The molecule has 0 aliphatic carbocycles. The van der Waals surface area contributed by atoms with Crippen LogP contribution in [0.2, 0.25) is 0 Å². The normalized spacial score (nSPS) is 11.4. The van der Waals surface area contributed by atoms with Gasteiger partial charge < -0.3 is 10.2 Å². The largest absolute Gasteiger partial charge is 0.311 e. The summed E-state index contributed by atoms with van der Waals surface area (Å²) in [4.78, 5) is 2.46. The van der Waals surface area contributed by atoms with Gasteiger partial charge in [-0.25, -0.2) is 0 Å². The Morgan fingerprint density at radius 3 is 2.35 bits per heavy atom. The van der Waals surface area contributed by atoms with E-state index >= 15 is 0 Å². The van der Waals surface area contributed by atoms with Gasteiger partial charge >= 0.3 is 0 Å². The first kappa shape index (κ1) is 14.2. The lowest BCUT2D eigenvalue weighted by Crippen LogP contribution is -2.36. The maximum absolute atomic E-state index is 3.49. The minimum Gasteiger partial charge on any atom is -0.311 e. The van der Waals surface area contributed by atoms with Gasteiger partial charge in [0.2, 0.25) is 0 Å². The zero-order chi connectivity index (χ0) is 12.5. The summed E-state index contributed by atoms with van der Waals surface area (Å²) in [6, 6.07) is 11.3. The number of rotatable bonds is 8. The first-order chi connectivity index (χ1) is 8.27. The summed E-state index contributed by atoms with van der Waals surface area (Å²) in [5, 5.41) is 3.49. The third-order valence-electron chi connectivity index (χ3n) is 3.38. The molecule has 1 rings (SSSR count). The Bertz CT molecular complexity index is 280. The molecule has 1 aromatic rings. The van der Waals surface area contributed by atoms with Crippen LogP contribution in [0.25, 0.3) is 0 Å². The fourth-order valence-electron chi connectivity index (χ4n) is 2.18. The molecule has 96 valence electrons. The Hall–Kier alpha value is -0.860. The molecular formula is C15H26N2. The first-order valence-electron chi connectivity index (χ1n) is 6.72. The third-order valence-corrected chi connectivity index (χ3v) is 3.38. The second kappa shape index (κ2) is 8.26. The van der Waals surface area contributed by atoms with Gasteiger partial charge in [-0.1, -0.05) is 44.2 Å². The highest BCUT2D eigenvalue weighted by Crippen LogP contribution is 2.04. The SMILES string of the molecule is CCC(CC)N(C)CCNCc1ccccc1. The summed E-state index contributed by atoms with van der Waals surface area (Å²) in [6.45, 7) is 7.68. The highest BCUT2D eigenvalue weighted by Gasteiger charge is 2.08. The predicted octanol–water partition coefficient (Wildman–Crippen LogP) is 2.90. The van der Waals surface area contributed by atoms with Crippen LogP contribution < -0.4 is 5.32 Å². The maximum Gasteiger partial charge on any atom is 0.0206 e. The number of likely N-dealkylation sites (N-methyl/N-ethyl adjacent to an activating group) is 1. The van der Waals surface area contributed by atoms with Crippen molar-refractivity contribution >= 4 is 0 Å². The molecule has 0 fully saturated rings. The summed E-state index contributed by atoms with van der Waals surface area (Å²) in [5.74, 6) is 0. The molecular weight excluding hydrogens is 208 g/mol. The maximum atomic E-state index is 3.49. The molecule has 0 amide bonds. The van der Waals surface area contributed by atoms with Crippen molar-refractivity contribution in [3.8, 4) is 0 Å². The molecule has 1 N–H and O–H groups in total. The highest BCUT2D eigenvalue weighted by molar-refractivity contribution is 5.14. The minimum absolute atomic E-state index is 0.730. The van der Waals surface area contributed by atoms with E-state index in [1.54, 1.807) is 0 Å². The molecule has 0 aliphatic rings. The zero-order valence-corrected chi connectivity index (χ0v) is 11.4. The highest BCUT2D eigenvalue weighted by atomic mass is 15.1. The van der Waals surface area contributed by atoms with Crippen molar-refractivity contribution in [3.05, 3.63) is 35.9 Å². The monoisotopic (exact) mass is 234 g/mol. The van der Waals surface area contributed by atoms with Crippen molar-refractivity contribution in [2.75, 3.05) is 20.1 Å². The van der Waals surface area contributed by atoms with E-state index in [9.17, 15) is 0 Å². The molecule has 1 aromatic carbocycles. The van der Waals surface area contributed by atoms with Gasteiger partial charge in [0.1, 0.15) is 0 Å². The smallest absolute Gasteiger partial charge is 0.0206 e. The van der Waals surface area contributed by atoms with Gasteiger partial charge in [-0.2, -0.15) is 0 Å². The summed E-state index contributed by atoms with van der Waals surface area (Å²) in [7, 11) is 2.22. The molecule has 0 heterocycles. The molecule has 0 aliphatic heterocycles. The molecule has 0 radical (unpaired) electrons. The minimum atomic E-state index is 0.730. The number of hydrogen-bond donors (Lipinski definition) is 1. The van der Waals surface area contributed by atoms with Crippen LogP contribution in [-0.4, -0.2) is 31.1 Å². The second-order valence-corrected chi connectivity index (χ2v) is 4.61. The molecule has 0 aromatic heterocycles. The van der Waals surface area contributed by atoms with Crippen LogP contribution in [0.4, 0.5) is 0 Å². The Labute approximate surface area is 106 Å². The molecule has 0 bridgehead atoms. The van der Waals surface area contributed by atoms with E-state index in [-0.39, 0.29) is 0 Å². The van der Waals surface area contributed by atoms with E-state index in [0.717, 1.165) is 25.7 Å². The van der Waals surface area contributed by atoms with E-state index in [4.69, 9.17) is 0 Å². The van der Waals surface area contributed by atoms with Gasteiger partial charge in [0.05, 0.1) is 0 Å². The van der Waals surface area contributed by atoms with Crippen LogP contribution in [0, 0.1) is 0 Å². The van der Waals surface area contributed by atoms with Crippen LogP contribution in [0.5, 0.6) is 0 Å². The molecule has 0 unspecified atom stereocenters. The van der Waals surface area contributed by atoms with Crippen molar-refractivity contribution in [2.45, 2.75) is 39.3 Å². The summed E-state index contributed by atoms with van der Waals surface area (Å²) in [6.07, 6.45) is 2.48. The van der Waals surface area contributed by atoms with Crippen LogP contribution >= 0.6 is 0 Å². The summed E-state index contributed by atoms with van der Waals surface area (Å²) >= 11 is 0. The van der Waals surface area contributed by atoms with Crippen molar-refractivity contribution in [1.82, 2.24) is 10.2 Å². The number of hydrogen-bond acceptors (Lipinski definition) is 2. The number of benzene rings is 1. The Balaban J connectivity index is 2.16. The lowest BCUT2D eigenvalue weighted by atomic mass is 10.1. The topological polar surface area (TPSA) is 15.3 Å². The number of nitrogens with zero attached hydrogens (tertiary/aromatic N) is 1. The van der Waals surface area contributed by atoms with Crippen molar-refractivity contribution in [3.63, 3.8) is 0 Å². The molecule has 2 nitrogen and oxygen atoms in total. The third kappa shape index (κ3) is 5.33. The molecule has 2 heteroatoms. The first-order valence-corrected chi connectivity index (χ1v) is 6.72. The molecule has 0 saturated carbocycles. The standard InChI is InChI=1S/C15H26N2/c1-4-15(5-2)17(3)12-11-16-13-14-9-7-6-8-10-14/h6-10,15-16H,4-5,11-13H2,1-3H3. The average molecular weight is 234 g/mol. The Morgan fingerprint density at radius 2 is 1.76 bits per heavy atom. The summed E-state index contributed by atoms with van der Waals surface area (Å²) in [5.41, 5.74) is 1.36. The lowest BCUT2D eigenvalue weighted by Gasteiger charge is -2.26. The second-order valence-electron chi connectivity index (χ2n) is 4.61. The van der Waals surface area contributed by atoms with E-state index in [0.29, 0.717) is 0 Å². The molecule has 0 spiro atoms.